The van der Waals surface area contributed by atoms with Crippen LogP contribution in [-0.2, 0) is 11.0 Å². The molecule has 0 saturated carbocycles. The summed E-state index contributed by atoms with van der Waals surface area (Å²) >= 11 is 2.60. The summed E-state index contributed by atoms with van der Waals surface area (Å²) in [5.41, 5.74) is 0.443. The van der Waals surface area contributed by atoms with Crippen LogP contribution in [-0.4, -0.2) is 26.6 Å². The molecular formula is C12H12NO4PS2. The van der Waals surface area contributed by atoms with Gasteiger partial charge in [0.15, 0.2) is 5.01 Å². The Labute approximate surface area is 124 Å². The van der Waals surface area contributed by atoms with Crippen molar-refractivity contribution in [2.75, 3.05) is 6.26 Å². The smallest absolute Gasteiger partial charge is 0.319 e. The summed E-state index contributed by atoms with van der Waals surface area (Å²) in [5.74, 6) is 0. The molecule has 0 saturated heterocycles. The zero-order valence-corrected chi connectivity index (χ0v) is 13.0. The predicted molar refractivity (Wildman–Crippen MR) is 79.5 cm³/mol. The highest BCUT2D eigenvalue weighted by molar-refractivity contribution is 7.98. The first kappa shape index (κ1) is 15.4. The summed E-state index contributed by atoms with van der Waals surface area (Å²) < 4.78 is 10.9. The number of hydrogen-bond donors (Lipinski definition) is 2. The Morgan fingerprint density at radius 3 is 2.55 bits per heavy atom. The van der Waals surface area contributed by atoms with Crippen LogP contribution in [0.1, 0.15) is 21.1 Å². The number of thiazole rings is 1. The number of carbonyl (C=O) groups excluding carboxylic acids is 1. The van der Waals surface area contributed by atoms with E-state index in [1.165, 1.54) is 0 Å². The third-order valence-corrected chi connectivity index (χ3v) is 5.07. The number of rotatable bonds is 5. The third-order valence-electron chi connectivity index (χ3n) is 2.54. The number of thioether (sulfide) groups is 1. The van der Waals surface area contributed by atoms with Crippen molar-refractivity contribution >= 4 is 36.2 Å². The van der Waals surface area contributed by atoms with Crippen molar-refractivity contribution in [3.05, 3.63) is 45.9 Å². The molecule has 1 aromatic heterocycles. The number of carbonyl (C=O) groups is 1. The van der Waals surface area contributed by atoms with Crippen LogP contribution in [0, 0.1) is 0 Å². The van der Waals surface area contributed by atoms with E-state index in [9.17, 15) is 9.36 Å². The lowest BCUT2D eigenvalue weighted by Crippen LogP contribution is -1.99. The van der Waals surface area contributed by atoms with E-state index in [-0.39, 0.29) is 5.01 Å². The van der Waals surface area contributed by atoms with Gasteiger partial charge in [-0.25, -0.2) is 4.98 Å². The lowest BCUT2D eigenvalue weighted by atomic mass is 10.1. The van der Waals surface area contributed by atoms with Gasteiger partial charge >= 0.3 is 13.1 Å². The zero-order chi connectivity index (χ0) is 14.8. The van der Waals surface area contributed by atoms with Crippen molar-refractivity contribution in [2.24, 2.45) is 0 Å². The second kappa shape index (κ2) is 6.20. The van der Waals surface area contributed by atoms with Gasteiger partial charge in [0.05, 0.1) is 5.69 Å². The molecule has 20 heavy (non-hydrogen) atoms. The van der Waals surface area contributed by atoms with E-state index in [1.807, 2.05) is 30.5 Å². The zero-order valence-electron chi connectivity index (χ0n) is 10.5. The Morgan fingerprint density at radius 1 is 1.35 bits per heavy atom. The number of nitrogens with zero attached hydrogens (tertiary/aromatic N) is 1. The van der Waals surface area contributed by atoms with Crippen molar-refractivity contribution in [3.63, 3.8) is 0 Å². The lowest BCUT2D eigenvalue weighted by molar-refractivity contribution is 0.104. The van der Waals surface area contributed by atoms with Gasteiger partial charge in [0.1, 0.15) is 0 Å². The molecule has 106 valence electrons. The van der Waals surface area contributed by atoms with E-state index >= 15 is 0 Å². The van der Waals surface area contributed by atoms with E-state index in [4.69, 9.17) is 9.79 Å². The molecule has 0 amide bonds. The van der Waals surface area contributed by atoms with Gasteiger partial charge in [0.2, 0.25) is 0 Å². The average molecular weight is 329 g/mol. The van der Waals surface area contributed by atoms with Gasteiger partial charge in [0, 0.05) is 16.7 Å². The molecule has 0 bridgehead atoms. The maximum absolute atomic E-state index is 11.4. The summed E-state index contributed by atoms with van der Waals surface area (Å²) in [4.78, 5) is 34.2. The number of hydrogen-bond acceptors (Lipinski definition) is 5. The minimum atomic E-state index is -4.75. The predicted octanol–water partition coefficient (Wildman–Crippen LogP) is 2.77. The molecule has 2 rings (SSSR count). The van der Waals surface area contributed by atoms with E-state index in [2.05, 4.69) is 4.98 Å². The molecule has 2 aromatic rings. The Kier molecular flexibility index (Phi) is 4.78. The van der Waals surface area contributed by atoms with Gasteiger partial charge in [-0.2, -0.15) is 0 Å². The van der Waals surface area contributed by atoms with Crippen molar-refractivity contribution in [3.8, 4) is 0 Å². The minimum absolute atomic E-state index is 0.144. The lowest BCUT2D eigenvalue weighted by Gasteiger charge is -2.00. The SMILES string of the molecule is CSc1ccc(Cc2csc(C(=O)P(=O)(O)O)n2)cc1. The summed E-state index contributed by atoms with van der Waals surface area (Å²) in [7, 11) is -4.75. The van der Waals surface area contributed by atoms with Gasteiger partial charge in [-0.05, 0) is 24.0 Å². The van der Waals surface area contributed by atoms with E-state index < -0.39 is 13.1 Å². The van der Waals surface area contributed by atoms with Crippen LogP contribution in [0.3, 0.4) is 0 Å². The number of aromatic nitrogens is 1. The molecule has 2 N–H and O–H groups in total. The van der Waals surface area contributed by atoms with Crippen molar-refractivity contribution < 1.29 is 19.1 Å². The first-order valence-corrected chi connectivity index (χ1v) is 9.29. The van der Waals surface area contributed by atoms with Gasteiger partial charge < -0.3 is 9.79 Å². The highest BCUT2D eigenvalue weighted by atomic mass is 32.2. The van der Waals surface area contributed by atoms with Crippen LogP contribution in [0.15, 0.2) is 34.5 Å². The molecule has 0 aliphatic rings. The average Bonchev–Trinajstić information content (AvgIpc) is 2.86. The van der Waals surface area contributed by atoms with Crippen LogP contribution >= 0.6 is 30.7 Å². The fourth-order valence-electron chi connectivity index (χ4n) is 1.56. The highest BCUT2D eigenvalue weighted by Crippen LogP contribution is 2.39. The van der Waals surface area contributed by atoms with Gasteiger partial charge in [-0.3, -0.25) is 9.36 Å². The Morgan fingerprint density at radius 2 is 2.00 bits per heavy atom. The molecule has 1 aromatic carbocycles. The third kappa shape index (κ3) is 3.77. The summed E-state index contributed by atoms with van der Waals surface area (Å²) in [5, 5.41) is 1.50. The second-order valence-corrected chi connectivity index (χ2v) is 7.25. The van der Waals surface area contributed by atoms with E-state index in [0.717, 1.165) is 21.8 Å². The highest BCUT2D eigenvalue weighted by Gasteiger charge is 2.30. The van der Waals surface area contributed by atoms with Gasteiger partial charge in [-0.1, -0.05) is 12.1 Å². The molecule has 0 spiro atoms. The van der Waals surface area contributed by atoms with E-state index in [1.54, 1.807) is 17.1 Å². The molecule has 0 unspecified atom stereocenters. The molecule has 0 aliphatic carbocycles. The molecule has 0 atom stereocenters. The fraction of sp³-hybridized carbons (Fsp3) is 0.167. The Balaban J connectivity index is 2.13. The van der Waals surface area contributed by atoms with Gasteiger partial charge in [-0.15, -0.1) is 23.1 Å². The Hall–Kier alpha value is -0.980. The van der Waals surface area contributed by atoms with Crippen molar-refractivity contribution in [2.45, 2.75) is 11.3 Å². The summed E-state index contributed by atoms with van der Waals surface area (Å²) in [6, 6.07) is 7.92. The normalized spacial score (nSPS) is 11.6. The second-order valence-electron chi connectivity index (χ2n) is 4.02. The van der Waals surface area contributed by atoms with E-state index in [0.29, 0.717) is 12.1 Å². The van der Waals surface area contributed by atoms with Crippen LogP contribution in [0.4, 0.5) is 0 Å². The quantitative estimate of drug-likeness (QED) is 0.648. The van der Waals surface area contributed by atoms with Crippen molar-refractivity contribution in [1.82, 2.24) is 4.98 Å². The molecular weight excluding hydrogens is 317 g/mol. The standard InChI is InChI=1S/C12H12NO4PS2/c1-19-10-4-2-8(3-5-10)6-9-7-20-11(13-9)12(14)18(15,16)17/h2-5,7H,6H2,1H3,(H2,15,16,17). The maximum atomic E-state index is 11.4. The molecule has 5 nitrogen and oxygen atoms in total. The fourth-order valence-corrected chi connectivity index (χ4v) is 3.44. The minimum Gasteiger partial charge on any atom is -0.319 e. The number of benzene rings is 1. The molecule has 0 fully saturated rings. The van der Waals surface area contributed by atoms with Crippen LogP contribution < -0.4 is 0 Å². The molecule has 0 aliphatic heterocycles. The summed E-state index contributed by atoms with van der Waals surface area (Å²) in [6.07, 6.45) is 2.52. The molecule has 1 heterocycles. The first-order valence-electron chi connectivity index (χ1n) is 5.58. The molecule has 0 radical (unpaired) electrons. The first-order chi connectivity index (χ1) is 9.40. The van der Waals surface area contributed by atoms with Crippen molar-refractivity contribution in [1.29, 1.82) is 0 Å². The molecule has 8 heteroatoms. The van der Waals surface area contributed by atoms with Crippen LogP contribution in [0.2, 0.25) is 0 Å². The topological polar surface area (TPSA) is 87.5 Å². The van der Waals surface area contributed by atoms with Gasteiger partial charge in [0.25, 0.3) is 0 Å². The Bertz CT molecular complexity index is 662. The monoisotopic (exact) mass is 329 g/mol. The maximum Gasteiger partial charge on any atom is 0.399 e. The van der Waals surface area contributed by atoms with Crippen LogP contribution in [0.25, 0.3) is 0 Å². The van der Waals surface area contributed by atoms with Crippen LogP contribution in [0.5, 0.6) is 0 Å². The largest absolute Gasteiger partial charge is 0.399 e. The summed E-state index contributed by atoms with van der Waals surface area (Å²) in [6.45, 7) is 0.